The Balaban J connectivity index is 1.61. The number of hydrogen-bond acceptors (Lipinski definition) is 7. The summed E-state index contributed by atoms with van der Waals surface area (Å²) in [5.74, 6) is 1.37. The summed E-state index contributed by atoms with van der Waals surface area (Å²) < 4.78 is 7.33. The second-order valence-corrected chi connectivity index (χ2v) is 8.97. The van der Waals surface area contributed by atoms with Gasteiger partial charge < -0.3 is 10.1 Å². The van der Waals surface area contributed by atoms with Crippen LogP contribution in [0, 0.1) is 0 Å². The number of hydrogen-bond donors (Lipinski definition) is 2. The van der Waals surface area contributed by atoms with E-state index >= 15 is 0 Å². The van der Waals surface area contributed by atoms with Crippen molar-refractivity contribution < 1.29 is 4.74 Å². The molecule has 31 heavy (non-hydrogen) atoms. The standard InChI is InChI=1S/C22H19BrN6OS/c1-2-10-31-22-26-21-19(28-29-22)15-11-14(23)8-9-17(15)25-20(30-21)16-12-24-27-18(16)13-6-4-3-5-7-13/h3-9,11-12,20,25H,2,10H2,1H3,(H,24,27)/t20-/m0/s1. The van der Waals surface area contributed by atoms with Crippen LogP contribution in [0.1, 0.15) is 25.1 Å². The van der Waals surface area contributed by atoms with Crippen LogP contribution in [0.15, 0.2) is 64.4 Å². The summed E-state index contributed by atoms with van der Waals surface area (Å²) in [7, 11) is 0. The third-order valence-corrected chi connectivity index (χ3v) is 6.37. The zero-order chi connectivity index (χ0) is 21.2. The molecule has 2 aromatic carbocycles. The van der Waals surface area contributed by atoms with Crippen LogP contribution >= 0.6 is 27.7 Å². The maximum atomic E-state index is 6.39. The topological polar surface area (TPSA) is 88.6 Å². The summed E-state index contributed by atoms with van der Waals surface area (Å²) in [6.07, 6.45) is 2.31. The van der Waals surface area contributed by atoms with Crippen molar-refractivity contribution in [3.63, 3.8) is 0 Å². The molecule has 1 aliphatic rings. The van der Waals surface area contributed by atoms with Crippen molar-refractivity contribution in [3.8, 4) is 28.4 Å². The lowest BCUT2D eigenvalue weighted by Gasteiger charge is -2.19. The third kappa shape index (κ3) is 4.03. The Bertz CT molecular complexity index is 1220. The molecule has 156 valence electrons. The van der Waals surface area contributed by atoms with Crippen molar-refractivity contribution >= 4 is 33.4 Å². The van der Waals surface area contributed by atoms with Crippen LogP contribution in [0.4, 0.5) is 5.69 Å². The lowest BCUT2D eigenvalue weighted by molar-refractivity contribution is 0.226. The van der Waals surface area contributed by atoms with Crippen LogP contribution in [0.25, 0.3) is 22.5 Å². The summed E-state index contributed by atoms with van der Waals surface area (Å²) in [6.45, 7) is 2.12. The zero-order valence-corrected chi connectivity index (χ0v) is 19.1. The Hall–Kier alpha value is -2.91. The minimum absolute atomic E-state index is 0.447. The molecule has 3 heterocycles. The Morgan fingerprint density at radius 1 is 1.13 bits per heavy atom. The SMILES string of the molecule is CCCSc1nnc2c(n1)O[C@@H](c1cn[nH]c1-c1ccccc1)Nc1ccc(Br)cc1-2. The van der Waals surface area contributed by atoms with Gasteiger partial charge in [-0.2, -0.15) is 10.1 Å². The van der Waals surface area contributed by atoms with Crippen LogP contribution in [0.5, 0.6) is 5.88 Å². The number of fused-ring (bicyclic) bond motifs is 3. The van der Waals surface area contributed by atoms with Gasteiger partial charge >= 0.3 is 0 Å². The summed E-state index contributed by atoms with van der Waals surface area (Å²) in [5.41, 5.74) is 5.18. The number of anilines is 1. The van der Waals surface area contributed by atoms with Crippen LogP contribution in [0.2, 0.25) is 0 Å². The number of rotatable bonds is 5. The van der Waals surface area contributed by atoms with E-state index in [0.717, 1.165) is 44.7 Å². The second-order valence-electron chi connectivity index (χ2n) is 7.00. The molecular weight excluding hydrogens is 476 g/mol. The summed E-state index contributed by atoms with van der Waals surface area (Å²) >= 11 is 5.13. The first-order chi connectivity index (χ1) is 15.2. The van der Waals surface area contributed by atoms with E-state index in [1.165, 1.54) is 0 Å². The molecule has 2 aromatic heterocycles. The number of ether oxygens (including phenoxy) is 1. The minimum Gasteiger partial charge on any atom is -0.448 e. The lowest BCUT2D eigenvalue weighted by atomic mass is 10.1. The summed E-state index contributed by atoms with van der Waals surface area (Å²) in [5, 5.41) is 20.3. The predicted molar refractivity (Wildman–Crippen MR) is 125 cm³/mol. The van der Waals surface area contributed by atoms with Crippen LogP contribution < -0.4 is 10.1 Å². The number of aromatic nitrogens is 5. The molecule has 1 atom stereocenters. The fourth-order valence-electron chi connectivity index (χ4n) is 3.40. The van der Waals surface area contributed by atoms with Gasteiger partial charge in [0.2, 0.25) is 17.3 Å². The number of nitrogens with one attached hydrogen (secondary N) is 2. The smallest absolute Gasteiger partial charge is 0.247 e. The van der Waals surface area contributed by atoms with Crippen molar-refractivity contribution in [1.29, 1.82) is 0 Å². The van der Waals surface area contributed by atoms with Crippen molar-refractivity contribution in [3.05, 3.63) is 64.8 Å². The van der Waals surface area contributed by atoms with Gasteiger partial charge in [-0.3, -0.25) is 5.10 Å². The molecule has 4 aromatic rings. The van der Waals surface area contributed by atoms with Gasteiger partial charge in [0.25, 0.3) is 0 Å². The molecule has 0 amide bonds. The second kappa shape index (κ2) is 8.68. The quantitative estimate of drug-likeness (QED) is 0.344. The van der Waals surface area contributed by atoms with Gasteiger partial charge in [-0.05, 0) is 24.6 Å². The summed E-state index contributed by atoms with van der Waals surface area (Å²) in [6, 6.07) is 16.0. The maximum absolute atomic E-state index is 6.39. The van der Waals surface area contributed by atoms with Crippen LogP contribution in [-0.2, 0) is 0 Å². The minimum atomic E-state index is -0.504. The van der Waals surface area contributed by atoms with Crippen LogP contribution in [0.3, 0.4) is 0 Å². The maximum Gasteiger partial charge on any atom is 0.247 e. The van der Waals surface area contributed by atoms with E-state index in [2.05, 4.69) is 53.5 Å². The molecule has 9 heteroatoms. The molecule has 1 aliphatic heterocycles. The van der Waals surface area contributed by atoms with Gasteiger partial charge in [-0.25, -0.2) is 0 Å². The van der Waals surface area contributed by atoms with Gasteiger partial charge in [0, 0.05) is 27.0 Å². The molecule has 0 unspecified atom stereocenters. The molecule has 0 fully saturated rings. The first-order valence-corrected chi connectivity index (χ1v) is 11.7. The molecular formula is C22H19BrN6OS. The van der Waals surface area contributed by atoms with Crippen molar-refractivity contribution in [2.45, 2.75) is 24.7 Å². The van der Waals surface area contributed by atoms with Crippen LogP contribution in [-0.4, -0.2) is 31.1 Å². The van der Waals surface area contributed by atoms with E-state index in [0.29, 0.717) is 16.7 Å². The van der Waals surface area contributed by atoms with E-state index < -0.39 is 6.23 Å². The summed E-state index contributed by atoms with van der Waals surface area (Å²) in [4.78, 5) is 4.68. The monoisotopic (exact) mass is 494 g/mol. The van der Waals surface area contributed by atoms with E-state index in [1.54, 1.807) is 18.0 Å². The molecule has 0 spiro atoms. The Labute approximate surface area is 192 Å². The third-order valence-electron chi connectivity index (χ3n) is 4.84. The van der Waals surface area contributed by atoms with Crippen molar-refractivity contribution in [2.24, 2.45) is 0 Å². The largest absolute Gasteiger partial charge is 0.448 e. The average molecular weight is 495 g/mol. The number of thioether (sulfide) groups is 1. The van der Waals surface area contributed by atoms with Gasteiger partial charge in [0.15, 0.2) is 5.69 Å². The number of aromatic amines is 1. The normalized spacial score (nSPS) is 14.7. The first-order valence-electron chi connectivity index (χ1n) is 9.92. The number of benzene rings is 2. The van der Waals surface area contributed by atoms with E-state index in [9.17, 15) is 0 Å². The van der Waals surface area contributed by atoms with Gasteiger partial charge in [0.1, 0.15) is 0 Å². The molecule has 0 aliphatic carbocycles. The predicted octanol–water partition coefficient (Wildman–Crippen LogP) is 5.70. The molecule has 0 radical (unpaired) electrons. The van der Waals surface area contributed by atoms with Gasteiger partial charge in [-0.15, -0.1) is 10.2 Å². The molecule has 0 bridgehead atoms. The highest BCUT2D eigenvalue weighted by Crippen LogP contribution is 2.42. The van der Waals surface area contributed by atoms with E-state index in [4.69, 9.17) is 4.74 Å². The Morgan fingerprint density at radius 3 is 2.84 bits per heavy atom. The number of halogens is 1. The Kier molecular flexibility index (Phi) is 5.61. The van der Waals surface area contributed by atoms with E-state index in [-0.39, 0.29) is 0 Å². The van der Waals surface area contributed by atoms with Crippen molar-refractivity contribution in [2.75, 3.05) is 11.1 Å². The Morgan fingerprint density at radius 2 is 2.00 bits per heavy atom. The lowest BCUT2D eigenvalue weighted by Crippen LogP contribution is -2.17. The highest BCUT2D eigenvalue weighted by atomic mass is 79.9. The number of H-pyrrole nitrogens is 1. The molecule has 0 saturated heterocycles. The van der Waals surface area contributed by atoms with Gasteiger partial charge in [-0.1, -0.05) is 64.9 Å². The van der Waals surface area contributed by atoms with E-state index in [1.807, 2.05) is 48.5 Å². The molecule has 5 rings (SSSR count). The fourth-order valence-corrected chi connectivity index (χ4v) is 4.39. The van der Waals surface area contributed by atoms with Gasteiger partial charge in [0.05, 0.1) is 17.5 Å². The molecule has 0 saturated carbocycles. The molecule has 2 N–H and O–H groups in total. The average Bonchev–Trinajstić information content (AvgIpc) is 3.23. The zero-order valence-electron chi connectivity index (χ0n) is 16.7. The highest BCUT2D eigenvalue weighted by Gasteiger charge is 2.29. The fraction of sp³-hybridized carbons (Fsp3) is 0.182. The number of nitrogens with zero attached hydrogens (tertiary/aromatic N) is 4. The first kappa shape index (κ1) is 20.0. The van der Waals surface area contributed by atoms with Crippen molar-refractivity contribution in [1.82, 2.24) is 25.4 Å². The molecule has 7 nitrogen and oxygen atoms in total. The highest BCUT2D eigenvalue weighted by molar-refractivity contribution is 9.10.